The van der Waals surface area contributed by atoms with Crippen LogP contribution in [0.15, 0.2) is 12.2 Å². The molecule has 74 valence electrons. The summed E-state index contributed by atoms with van der Waals surface area (Å²) in [6, 6.07) is 0.347. The van der Waals surface area contributed by atoms with Crippen LogP contribution in [0, 0.1) is 0 Å². The van der Waals surface area contributed by atoms with E-state index in [-0.39, 0.29) is 6.10 Å². The molecular formula is C10H17NOS. The van der Waals surface area contributed by atoms with Crippen LogP contribution in [0.1, 0.15) is 33.1 Å². The lowest BCUT2D eigenvalue weighted by molar-refractivity contribution is 0.211. The van der Waals surface area contributed by atoms with Gasteiger partial charge in [-0.2, -0.15) is 0 Å². The molecule has 0 unspecified atom stereocenters. The van der Waals surface area contributed by atoms with Gasteiger partial charge in [-0.15, -0.1) is 0 Å². The minimum absolute atomic E-state index is 0.187. The molecule has 0 heterocycles. The first-order valence-electron chi connectivity index (χ1n) is 4.82. The van der Waals surface area contributed by atoms with E-state index in [4.69, 9.17) is 17.0 Å². The Bertz CT molecular complexity index is 201. The average molecular weight is 199 g/mol. The highest BCUT2D eigenvalue weighted by molar-refractivity contribution is 7.80. The van der Waals surface area contributed by atoms with E-state index in [1.807, 2.05) is 13.8 Å². The quantitative estimate of drug-likeness (QED) is 0.545. The van der Waals surface area contributed by atoms with Crippen LogP contribution >= 0.6 is 12.2 Å². The molecule has 0 saturated heterocycles. The molecule has 13 heavy (non-hydrogen) atoms. The van der Waals surface area contributed by atoms with Gasteiger partial charge in [0.25, 0.3) is 5.17 Å². The standard InChI is InChI=1S/C10H17NOS/c1-8(2)11-10(13)12-9-6-4-3-5-7-9/h4,6,8-9H,3,5,7H2,1-2H3,(H,11,13)/t9-/m0/s1. The van der Waals surface area contributed by atoms with Gasteiger partial charge in [0.1, 0.15) is 6.10 Å². The summed E-state index contributed by atoms with van der Waals surface area (Å²) in [6.07, 6.45) is 7.89. The molecule has 0 aliphatic heterocycles. The van der Waals surface area contributed by atoms with Crippen LogP contribution in [0.3, 0.4) is 0 Å². The highest BCUT2D eigenvalue weighted by atomic mass is 32.1. The summed E-state index contributed by atoms with van der Waals surface area (Å²) >= 11 is 5.04. The van der Waals surface area contributed by atoms with E-state index >= 15 is 0 Å². The van der Waals surface area contributed by atoms with Crippen LogP contribution in [0.25, 0.3) is 0 Å². The Hall–Kier alpha value is -0.570. The number of thiocarbonyl (C=S) groups is 1. The van der Waals surface area contributed by atoms with Crippen molar-refractivity contribution in [2.45, 2.75) is 45.3 Å². The SMILES string of the molecule is CC(C)NC(=S)O[C@H]1C=CCCC1. The lowest BCUT2D eigenvalue weighted by Crippen LogP contribution is -2.33. The molecule has 2 nitrogen and oxygen atoms in total. The van der Waals surface area contributed by atoms with Gasteiger partial charge >= 0.3 is 0 Å². The number of allylic oxidation sites excluding steroid dienone is 1. The van der Waals surface area contributed by atoms with Crippen LogP contribution in [0.5, 0.6) is 0 Å². The van der Waals surface area contributed by atoms with Crippen LogP contribution in [0.4, 0.5) is 0 Å². The molecule has 1 rings (SSSR count). The van der Waals surface area contributed by atoms with E-state index < -0.39 is 0 Å². The van der Waals surface area contributed by atoms with Gasteiger partial charge in [-0.25, -0.2) is 0 Å². The number of hydrogen-bond acceptors (Lipinski definition) is 2. The van der Waals surface area contributed by atoms with E-state index in [2.05, 4.69) is 17.5 Å². The Morgan fingerprint density at radius 3 is 2.92 bits per heavy atom. The molecule has 0 radical (unpaired) electrons. The molecular weight excluding hydrogens is 182 g/mol. The number of nitrogens with one attached hydrogen (secondary N) is 1. The molecule has 0 aromatic carbocycles. The molecule has 0 bridgehead atoms. The van der Waals surface area contributed by atoms with Gasteiger partial charge in [0.2, 0.25) is 0 Å². The van der Waals surface area contributed by atoms with Gasteiger partial charge in [0.05, 0.1) is 0 Å². The molecule has 1 N–H and O–H groups in total. The predicted octanol–water partition coefficient (Wildman–Crippen LogP) is 2.39. The van der Waals surface area contributed by atoms with Crippen molar-refractivity contribution in [1.82, 2.24) is 5.32 Å². The van der Waals surface area contributed by atoms with Gasteiger partial charge < -0.3 is 10.1 Å². The molecule has 1 aliphatic rings. The molecule has 0 aromatic rings. The fourth-order valence-corrected chi connectivity index (χ4v) is 1.65. The molecule has 0 spiro atoms. The number of rotatable bonds is 2. The molecule has 0 fully saturated rings. The van der Waals surface area contributed by atoms with Gasteiger partial charge in [0.15, 0.2) is 0 Å². The Morgan fingerprint density at radius 1 is 1.62 bits per heavy atom. The minimum Gasteiger partial charge on any atom is -0.464 e. The van der Waals surface area contributed by atoms with Gasteiger partial charge in [-0.3, -0.25) is 0 Å². The fraction of sp³-hybridized carbons (Fsp3) is 0.700. The van der Waals surface area contributed by atoms with Crippen molar-refractivity contribution in [1.29, 1.82) is 0 Å². The zero-order valence-corrected chi connectivity index (χ0v) is 9.06. The number of hydrogen-bond donors (Lipinski definition) is 1. The smallest absolute Gasteiger partial charge is 0.257 e. The molecule has 1 aliphatic carbocycles. The van der Waals surface area contributed by atoms with Gasteiger partial charge in [-0.1, -0.05) is 6.08 Å². The van der Waals surface area contributed by atoms with Crippen molar-refractivity contribution in [2.75, 3.05) is 0 Å². The third-order valence-electron chi connectivity index (χ3n) is 1.88. The van der Waals surface area contributed by atoms with E-state index in [1.165, 1.54) is 12.8 Å². The fourth-order valence-electron chi connectivity index (χ4n) is 1.29. The lowest BCUT2D eigenvalue weighted by Gasteiger charge is -2.20. The minimum atomic E-state index is 0.187. The highest BCUT2D eigenvalue weighted by Crippen LogP contribution is 2.13. The highest BCUT2D eigenvalue weighted by Gasteiger charge is 2.11. The van der Waals surface area contributed by atoms with Gasteiger partial charge in [0, 0.05) is 6.04 Å². The monoisotopic (exact) mass is 199 g/mol. The van der Waals surface area contributed by atoms with Crippen molar-refractivity contribution in [3.05, 3.63) is 12.2 Å². The molecule has 0 saturated carbocycles. The maximum Gasteiger partial charge on any atom is 0.257 e. The first-order chi connectivity index (χ1) is 6.18. The maximum absolute atomic E-state index is 5.54. The van der Waals surface area contributed by atoms with Crippen LogP contribution in [-0.4, -0.2) is 17.3 Å². The Kier molecular flexibility index (Phi) is 4.22. The molecule has 1 atom stereocenters. The summed E-state index contributed by atoms with van der Waals surface area (Å²) in [4.78, 5) is 0. The molecule has 0 aromatic heterocycles. The second-order valence-electron chi connectivity index (χ2n) is 3.60. The van der Waals surface area contributed by atoms with Gasteiger partial charge in [-0.05, 0) is 51.4 Å². The predicted molar refractivity (Wildman–Crippen MR) is 58.7 cm³/mol. The number of ether oxygens (including phenoxy) is 1. The van der Waals surface area contributed by atoms with Crippen LogP contribution < -0.4 is 5.32 Å². The van der Waals surface area contributed by atoms with E-state index in [1.54, 1.807) is 0 Å². The Labute approximate surface area is 85.4 Å². The Balaban J connectivity index is 2.26. The summed E-state index contributed by atoms with van der Waals surface area (Å²) in [5, 5.41) is 3.59. The largest absolute Gasteiger partial charge is 0.464 e. The lowest BCUT2D eigenvalue weighted by atomic mass is 10.1. The third-order valence-corrected chi connectivity index (χ3v) is 2.09. The summed E-state index contributed by atoms with van der Waals surface area (Å²) < 4.78 is 5.54. The van der Waals surface area contributed by atoms with E-state index in [0.717, 1.165) is 6.42 Å². The summed E-state index contributed by atoms with van der Waals surface area (Å²) in [7, 11) is 0. The maximum atomic E-state index is 5.54. The normalized spacial score (nSPS) is 21.6. The summed E-state index contributed by atoms with van der Waals surface area (Å²) in [5.74, 6) is 0. The summed E-state index contributed by atoms with van der Waals surface area (Å²) in [6.45, 7) is 4.10. The van der Waals surface area contributed by atoms with E-state index in [9.17, 15) is 0 Å². The zero-order chi connectivity index (χ0) is 9.68. The van der Waals surface area contributed by atoms with Crippen molar-refractivity contribution in [3.63, 3.8) is 0 Å². The Morgan fingerprint density at radius 2 is 2.38 bits per heavy atom. The average Bonchev–Trinajstić information content (AvgIpc) is 2.04. The molecule has 3 heteroatoms. The first-order valence-corrected chi connectivity index (χ1v) is 5.23. The molecule has 0 amide bonds. The first kappa shape index (κ1) is 10.5. The summed E-state index contributed by atoms with van der Waals surface area (Å²) in [5.41, 5.74) is 0. The second kappa shape index (κ2) is 5.22. The van der Waals surface area contributed by atoms with E-state index in [0.29, 0.717) is 11.2 Å². The van der Waals surface area contributed by atoms with Crippen molar-refractivity contribution < 1.29 is 4.74 Å². The zero-order valence-electron chi connectivity index (χ0n) is 8.25. The topological polar surface area (TPSA) is 21.3 Å². The van der Waals surface area contributed by atoms with Crippen molar-refractivity contribution in [2.24, 2.45) is 0 Å². The van der Waals surface area contributed by atoms with Crippen molar-refractivity contribution in [3.8, 4) is 0 Å². The van der Waals surface area contributed by atoms with Crippen molar-refractivity contribution >= 4 is 17.4 Å². The van der Waals surface area contributed by atoms with Crippen LogP contribution in [0.2, 0.25) is 0 Å². The third kappa shape index (κ3) is 4.27. The van der Waals surface area contributed by atoms with Crippen LogP contribution in [-0.2, 0) is 4.74 Å². The second-order valence-corrected chi connectivity index (χ2v) is 3.97.